The van der Waals surface area contributed by atoms with E-state index in [0.29, 0.717) is 19.5 Å². The summed E-state index contributed by atoms with van der Waals surface area (Å²) in [5.74, 6) is -0.637. The van der Waals surface area contributed by atoms with E-state index in [4.69, 9.17) is 14.5 Å². The number of aromatic nitrogens is 4. The largest absolute Gasteiger partial charge is 0.469 e. The van der Waals surface area contributed by atoms with Gasteiger partial charge in [0.2, 0.25) is 0 Å². The number of nitrogens with one attached hydrogen (secondary N) is 1. The van der Waals surface area contributed by atoms with Crippen LogP contribution in [0.5, 0.6) is 0 Å². The van der Waals surface area contributed by atoms with Gasteiger partial charge in [-0.15, -0.1) is 10.2 Å². The summed E-state index contributed by atoms with van der Waals surface area (Å²) in [5, 5.41) is 13.6. The molecule has 0 amide bonds. The molecule has 14 heteroatoms. The lowest BCUT2D eigenvalue weighted by Crippen LogP contribution is -2.40. The second-order valence-corrected chi connectivity index (χ2v) is 8.48. The third kappa shape index (κ3) is 4.56. The van der Waals surface area contributed by atoms with E-state index < -0.39 is 31.7 Å². The van der Waals surface area contributed by atoms with Crippen molar-refractivity contribution in [1.82, 2.24) is 25.5 Å². The number of benzene rings is 1. The zero-order chi connectivity index (χ0) is 21.5. The van der Waals surface area contributed by atoms with Crippen LogP contribution in [-0.2, 0) is 20.0 Å². The number of piperidine rings is 1. The van der Waals surface area contributed by atoms with Crippen LogP contribution in [0.4, 0.5) is 13.2 Å². The second kappa shape index (κ2) is 7.98. The number of hydrogen-bond acceptors (Lipinski definition) is 7. The molecule has 2 aliphatic heterocycles. The predicted molar refractivity (Wildman–Crippen MR) is 94.0 cm³/mol. The van der Waals surface area contributed by atoms with Crippen LogP contribution in [0.3, 0.4) is 0 Å². The van der Waals surface area contributed by atoms with E-state index in [0.717, 1.165) is 17.7 Å². The lowest BCUT2D eigenvalue weighted by atomic mass is 9.87. The first-order valence-corrected chi connectivity index (χ1v) is 10.6. The highest BCUT2D eigenvalue weighted by Gasteiger charge is 2.47. The van der Waals surface area contributed by atoms with Gasteiger partial charge >= 0.3 is 14.0 Å². The third-order valence-electron chi connectivity index (χ3n) is 5.39. The Morgan fingerprint density at radius 3 is 2.67 bits per heavy atom. The van der Waals surface area contributed by atoms with Crippen LogP contribution in [0.1, 0.15) is 35.2 Å². The summed E-state index contributed by atoms with van der Waals surface area (Å²) in [7, 11) is -4.72. The lowest BCUT2D eigenvalue weighted by Gasteiger charge is -2.30. The summed E-state index contributed by atoms with van der Waals surface area (Å²) in [6.45, 7) is 0.709. The summed E-state index contributed by atoms with van der Waals surface area (Å²) in [6.07, 6.45) is -4.65. The SMILES string of the molecule is O=P(O)(O)OCC(c1nn[nH]n1)C1OC2CN1CCC2c1ccc(C(F)(F)F)cc1. The first kappa shape index (κ1) is 21.3. The van der Waals surface area contributed by atoms with E-state index in [-0.39, 0.29) is 24.5 Å². The van der Waals surface area contributed by atoms with Crippen molar-refractivity contribution in [3.63, 3.8) is 0 Å². The molecule has 3 N–H and O–H groups in total. The molecule has 2 aromatic rings. The standard InChI is InChI=1S/C16H19F3N5O5P/c17-16(18,19)10-3-1-9(2-4-10)11-5-6-24-7-13(11)29-15(24)12(8-28-30(25,26)27)14-20-22-23-21-14/h1-4,11-13,15H,5-8H2,(H2,25,26,27)(H,20,21,22,23). The first-order chi connectivity index (χ1) is 14.1. The summed E-state index contributed by atoms with van der Waals surface area (Å²) in [4.78, 5) is 20.1. The molecule has 3 heterocycles. The molecule has 0 aliphatic carbocycles. The van der Waals surface area contributed by atoms with Gasteiger partial charge in [0.25, 0.3) is 0 Å². The normalized spacial score (nSPS) is 27.9. The Labute approximate surface area is 168 Å². The van der Waals surface area contributed by atoms with Crippen molar-refractivity contribution in [2.45, 2.75) is 36.8 Å². The van der Waals surface area contributed by atoms with Crippen molar-refractivity contribution < 1.29 is 36.8 Å². The van der Waals surface area contributed by atoms with E-state index in [2.05, 4.69) is 25.1 Å². The van der Waals surface area contributed by atoms with Crippen LogP contribution < -0.4 is 0 Å². The lowest BCUT2D eigenvalue weighted by molar-refractivity contribution is -0.137. The molecular formula is C16H19F3N5O5P. The molecule has 10 nitrogen and oxygen atoms in total. The molecule has 2 bridgehead atoms. The zero-order valence-corrected chi connectivity index (χ0v) is 16.3. The number of halogens is 3. The number of nitrogens with zero attached hydrogens (tertiary/aromatic N) is 4. The zero-order valence-electron chi connectivity index (χ0n) is 15.4. The fourth-order valence-corrected chi connectivity index (χ4v) is 4.37. The average molecular weight is 449 g/mol. The second-order valence-electron chi connectivity index (χ2n) is 7.24. The molecule has 2 saturated heterocycles. The van der Waals surface area contributed by atoms with Crippen molar-refractivity contribution in [3.05, 3.63) is 41.2 Å². The minimum atomic E-state index is -4.72. The quantitative estimate of drug-likeness (QED) is 0.563. The van der Waals surface area contributed by atoms with Crippen LogP contribution in [0.15, 0.2) is 24.3 Å². The number of alkyl halides is 3. The Balaban J connectivity index is 1.51. The molecule has 0 radical (unpaired) electrons. The molecule has 5 unspecified atom stereocenters. The Morgan fingerprint density at radius 1 is 1.33 bits per heavy atom. The van der Waals surface area contributed by atoms with E-state index in [1.165, 1.54) is 12.1 Å². The summed E-state index contributed by atoms with van der Waals surface area (Å²) < 4.78 is 60.4. The molecule has 164 valence electrons. The van der Waals surface area contributed by atoms with E-state index in [1.807, 2.05) is 4.90 Å². The van der Waals surface area contributed by atoms with Crippen LogP contribution in [0.25, 0.3) is 0 Å². The van der Waals surface area contributed by atoms with Crippen molar-refractivity contribution in [2.75, 3.05) is 19.7 Å². The number of fused-ring (bicyclic) bond motifs is 2. The van der Waals surface area contributed by atoms with Crippen LogP contribution in [0.2, 0.25) is 0 Å². The van der Waals surface area contributed by atoms with Gasteiger partial charge in [-0.05, 0) is 24.1 Å². The third-order valence-corrected chi connectivity index (χ3v) is 5.88. The number of aromatic amines is 1. The first-order valence-electron chi connectivity index (χ1n) is 9.12. The maximum Gasteiger partial charge on any atom is 0.469 e. The fraction of sp³-hybridized carbons (Fsp3) is 0.562. The molecule has 0 saturated carbocycles. The molecule has 0 spiro atoms. The maximum atomic E-state index is 12.8. The highest BCUT2D eigenvalue weighted by molar-refractivity contribution is 7.46. The van der Waals surface area contributed by atoms with Gasteiger partial charge in [0.05, 0.1) is 24.2 Å². The topological polar surface area (TPSA) is 134 Å². The van der Waals surface area contributed by atoms with Gasteiger partial charge in [0.1, 0.15) is 6.23 Å². The number of H-pyrrole nitrogens is 1. The molecule has 4 rings (SSSR count). The Morgan fingerprint density at radius 2 is 2.07 bits per heavy atom. The maximum absolute atomic E-state index is 12.8. The highest BCUT2D eigenvalue weighted by Crippen LogP contribution is 2.43. The van der Waals surface area contributed by atoms with Gasteiger partial charge in [-0.25, -0.2) is 4.57 Å². The summed E-state index contributed by atoms with van der Waals surface area (Å²) in [6, 6.07) is 5.05. The van der Waals surface area contributed by atoms with E-state index in [9.17, 15) is 17.7 Å². The molecule has 2 aliphatic rings. The van der Waals surface area contributed by atoms with E-state index in [1.54, 1.807) is 0 Å². The molecule has 30 heavy (non-hydrogen) atoms. The van der Waals surface area contributed by atoms with Gasteiger partial charge in [-0.2, -0.15) is 18.4 Å². The van der Waals surface area contributed by atoms with Crippen molar-refractivity contribution in [1.29, 1.82) is 0 Å². The molecule has 1 aromatic heterocycles. The Kier molecular flexibility index (Phi) is 5.68. The van der Waals surface area contributed by atoms with Crippen molar-refractivity contribution >= 4 is 7.82 Å². The predicted octanol–water partition coefficient (Wildman–Crippen LogP) is 1.63. The number of phosphoric ester groups is 1. The van der Waals surface area contributed by atoms with E-state index >= 15 is 0 Å². The van der Waals surface area contributed by atoms with Crippen molar-refractivity contribution in [3.8, 4) is 0 Å². The monoisotopic (exact) mass is 449 g/mol. The molecular weight excluding hydrogens is 430 g/mol. The number of tetrazole rings is 1. The molecule has 5 atom stereocenters. The Hall–Kier alpha value is -1.89. The minimum absolute atomic E-state index is 0.109. The minimum Gasteiger partial charge on any atom is -0.357 e. The number of ether oxygens (including phenoxy) is 1. The van der Waals surface area contributed by atoms with Crippen molar-refractivity contribution in [2.24, 2.45) is 0 Å². The summed E-state index contributed by atoms with van der Waals surface area (Å²) in [5.41, 5.74) is 0.0385. The number of rotatable bonds is 6. The number of phosphoric acid groups is 1. The van der Waals surface area contributed by atoms with Crippen LogP contribution in [-0.4, -0.2) is 67.3 Å². The summed E-state index contributed by atoms with van der Waals surface area (Å²) >= 11 is 0. The molecule has 2 fully saturated rings. The van der Waals surface area contributed by atoms with Gasteiger partial charge in [0, 0.05) is 19.0 Å². The highest BCUT2D eigenvalue weighted by atomic mass is 31.2. The number of hydrogen-bond donors (Lipinski definition) is 3. The van der Waals surface area contributed by atoms with Crippen LogP contribution in [0, 0.1) is 0 Å². The van der Waals surface area contributed by atoms with Gasteiger partial charge in [-0.1, -0.05) is 17.3 Å². The van der Waals surface area contributed by atoms with Crippen LogP contribution >= 0.6 is 7.82 Å². The Bertz CT molecular complexity index is 907. The average Bonchev–Trinajstić information content (AvgIpc) is 3.30. The smallest absolute Gasteiger partial charge is 0.357 e. The molecule has 1 aromatic carbocycles. The van der Waals surface area contributed by atoms with Gasteiger partial charge in [-0.3, -0.25) is 9.42 Å². The van der Waals surface area contributed by atoms with Gasteiger partial charge < -0.3 is 14.5 Å². The fourth-order valence-electron chi connectivity index (χ4n) is 4.01. The van der Waals surface area contributed by atoms with Gasteiger partial charge in [0.15, 0.2) is 5.82 Å².